The maximum absolute atomic E-state index is 13.8. The maximum Gasteiger partial charge on any atom is 0.325 e. The molecule has 2 saturated heterocycles. The number of fused-ring (bicyclic) bond motifs is 1. The Morgan fingerprint density at radius 3 is 2.32 bits per heavy atom. The fraction of sp³-hybridized carbons (Fsp3) is 0.407. The minimum absolute atomic E-state index is 0.0919. The fourth-order valence-corrected chi connectivity index (χ4v) is 6.13. The number of nitrogens with one attached hydrogen (secondary N) is 1. The molecule has 2 N–H and O–H groups in total. The number of imide groups is 1. The first-order chi connectivity index (χ1) is 16.5. The van der Waals surface area contributed by atoms with Gasteiger partial charge < -0.3 is 5.11 Å². The highest BCUT2D eigenvalue weighted by Crippen LogP contribution is 2.51. The summed E-state index contributed by atoms with van der Waals surface area (Å²) in [6.07, 6.45) is 4.64. The number of carboxylic acids is 1. The summed E-state index contributed by atoms with van der Waals surface area (Å²) in [5, 5.41) is 22.9. The zero-order valence-electron chi connectivity index (χ0n) is 18.8. The molecule has 4 unspecified atom stereocenters. The summed E-state index contributed by atoms with van der Waals surface area (Å²) in [5.41, 5.74) is 0.357. The van der Waals surface area contributed by atoms with Crippen molar-refractivity contribution in [2.45, 2.75) is 56.1 Å². The Morgan fingerprint density at radius 1 is 1.03 bits per heavy atom. The number of likely N-dealkylation sites (tertiary alicyclic amines) is 1. The number of rotatable bonds is 5. The van der Waals surface area contributed by atoms with Gasteiger partial charge in [-0.25, -0.2) is 0 Å². The molecule has 7 heteroatoms. The van der Waals surface area contributed by atoms with Gasteiger partial charge in [0.1, 0.15) is 5.54 Å². The van der Waals surface area contributed by atoms with E-state index in [9.17, 15) is 24.8 Å². The number of carboxylic acid groups (broad SMARTS) is 1. The van der Waals surface area contributed by atoms with Gasteiger partial charge in [-0.3, -0.25) is 24.6 Å². The molecule has 2 aromatic carbocycles. The van der Waals surface area contributed by atoms with Crippen molar-refractivity contribution in [1.29, 1.82) is 5.26 Å². The van der Waals surface area contributed by atoms with Crippen LogP contribution < -0.4 is 5.32 Å². The first kappa shape index (κ1) is 22.3. The van der Waals surface area contributed by atoms with Gasteiger partial charge in [-0.2, -0.15) is 5.26 Å². The molecule has 0 spiro atoms. The van der Waals surface area contributed by atoms with Crippen molar-refractivity contribution in [3.63, 3.8) is 0 Å². The first-order valence-corrected chi connectivity index (χ1v) is 11.9. The highest BCUT2D eigenvalue weighted by atomic mass is 16.4. The van der Waals surface area contributed by atoms with Crippen molar-refractivity contribution < 1.29 is 19.5 Å². The van der Waals surface area contributed by atoms with Crippen LogP contribution in [0.1, 0.15) is 54.8 Å². The molecule has 2 amide bonds. The van der Waals surface area contributed by atoms with Crippen molar-refractivity contribution >= 4 is 17.8 Å². The van der Waals surface area contributed by atoms with Crippen molar-refractivity contribution in [3.05, 3.63) is 71.3 Å². The Kier molecular flexibility index (Phi) is 5.70. The second kappa shape index (κ2) is 8.69. The van der Waals surface area contributed by atoms with Crippen LogP contribution in [0.15, 0.2) is 54.6 Å². The zero-order valence-corrected chi connectivity index (χ0v) is 18.8. The summed E-state index contributed by atoms with van der Waals surface area (Å²) in [6, 6.07) is 17.3. The van der Waals surface area contributed by atoms with Crippen molar-refractivity contribution in [2.24, 2.45) is 11.8 Å². The summed E-state index contributed by atoms with van der Waals surface area (Å²) in [6.45, 7) is 0. The maximum atomic E-state index is 13.8. The number of hydrogen-bond donors (Lipinski definition) is 2. The van der Waals surface area contributed by atoms with Crippen LogP contribution in [0.4, 0.5) is 0 Å². The second-order valence-electron chi connectivity index (χ2n) is 9.64. The smallest absolute Gasteiger partial charge is 0.325 e. The van der Waals surface area contributed by atoms with E-state index in [2.05, 4.69) is 11.4 Å². The average molecular weight is 458 g/mol. The molecule has 3 aliphatic rings. The van der Waals surface area contributed by atoms with Gasteiger partial charge in [0, 0.05) is 18.5 Å². The number of benzene rings is 2. The number of carbonyl (C=O) groups excluding carboxylic acids is 2. The largest absolute Gasteiger partial charge is 0.480 e. The van der Waals surface area contributed by atoms with Gasteiger partial charge in [-0.15, -0.1) is 0 Å². The standard InChI is InChI=1S/C27H27N3O4/c28-16-18-11-13-19(14-12-18)23-21-22(25(32)30(24(21)31)20-9-5-2-6-10-20)27(29-23,26(33)34)15-17-7-3-1-4-8-17/h1,3-4,7-8,11-14,20-23,29H,2,5-6,9-10,15H2,(H,33,34). The van der Waals surface area contributed by atoms with Crippen molar-refractivity contribution in [2.75, 3.05) is 0 Å². The molecule has 0 aromatic heterocycles. The van der Waals surface area contributed by atoms with E-state index in [0.29, 0.717) is 11.1 Å². The van der Waals surface area contributed by atoms with Gasteiger partial charge >= 0.3 is 5.97 Å². The van der Waals surface area contributed by atoms with Crippen LogP contribution in [0.2, 0.25) is 0 Å². The number of hydrogen-bond acceptors (Lipinski definition) is 5. The summed E-state index contributed by atoms with van der Waals surface area (Å²) >= 11 is 0. The third-order valence-electron chi connectivity index (χ3n) is 7.73. The molecule has 1 saturated carbocycles. The van der Waals surface area contributed by atoms with Gasteiger partial charge in [-0.1, -0.05) is 61.7 Å². The van der Waals surface area contributed by atoms with Gasteiger partial charge in [0.15, 0.2) is 0 Å². The normalized spacial score (nSPS) is 29.1. The lowest BCUT2D eigenvalue weighted by Crippen LogP contribution is -2.58. The fourth-order valence-electron chi connectivity index (χ4n) is 6.13. The number of nitrogens with zero attached hydrogens (tertiary/aromatic N) is 2. The van der Waals surface area contributed by atoms with Crippen LogP contribution in [0.5, 0.6) is 0 Å². The monoisotopic (exact) mass is 457 g/mol. The second-order valence-corrected chi connectivity index (χ2v) is 9.64. The van der Waals surface area contributed by atoms with E-state index in [1.54, 1.807) is 24.3 Å². The van der Waals surface area contributed by atoms with E-state index in [4.69, 9.17) is 0 Å². The summed E-state index contributed by atoms with van der Waals surface area (Å²) < 4.78 is 0. The predicted octanol–water partition coefficient (Wildman–Crippen LogP) is 3.20. The molecule has 0 bridgehead atoms. The summed E-state index contributed by atoms with van der Waals surface area (Å²) in [5.74, 6) is -3.58. The number of nitriles is 1. The van der Waals surface area contributed by atoms with Crippen LogP contribution in [-0.4, -0.2) is 39.4 Å². The van der Waals surface area contributed by atoms with Crippen molar-refractivity contribution in [1.82, 2.24) is 10.2 Å². The lowest BCUT2D eigenvalue weighted by atomic mass is 9.76. The molecule has 4 atom stereocenters. The molecule has 0 radical (unpaired) electrons. The molecule has 7 nitrogen and oxygen atoms in total. The Bertz CT molecular complexity index is 1150. The molecule has 5 rings (SSSR count). The van der Waals surface area contributed by atoms with E-state index in [0.717, 1.165) is 37.7 Å². The Morgan fingerprint density at radius 2 is 1.71 bits per heavy atom. The van der Waals surface area contributed by atoms with Crippen LogP contribution in [0, 0.1) is 23.2 Å². The molecule has 2 aromatic rings. The summed E-state index contributed by atoms with van der Waals surface area (Å²) in [4.78, 5) is 41.9. The van der Waals surface area contributed by atoms with Gasteiger partial charge in [0.2, 0.25) is 11.8 Å². The number of aliphatic carboxylic acids is 1. The quantitative estimate of drug-likeness (QED) is 0.667. The number of carbonyl (C=O) groups is 3. The average Bonchev–Trinajstić information content (AvgIpc) is 3.34. The van der Waals surface area contributed by atoms with Crippen LogP contribution in [-0.2, 0) is 20.8 Å². The predicted molar refractivity (Wildman–Crippen MR) is 123 cm³/mol. The van der Waals surface area contributed by atoms with E-state index < -0.39 is 29.4 Å². The lowest BCUT2D eigenvalue weighted by molar-refractivity contribution is -0.152. The SMILES string of the molecule is N#Cc1ccc(C2NC(Cc3ccccc3)(C(=O)O)C3C(=O)N(C4CCCCC4)C(=O)C23)cc1. The van der Waals surface area contributed by atoms with Crippen LogP contribution in [0.25, 0.3) is 0 Å². The van der Waals surface area contributed by atoms with E-state index in [1.807, 2.05) is 30.3 Å². The van der Waals surface area contributed by atoms with E-state index in [1.165, 1.54) is 4.90 Å². The molecule has 174 valence electrons. The minimum atomic E-state index is -1.61. The topological polar surface area (TPSA) is 110 Å². The molecule has 2 heterocycles. The summed E-state index contributed by atoms with van der Waals surface area (Å²) in [7, 11) is 0. The van der Waals surface area contributed by atoms with Gasteiger partial charge in [-0.05, 0) is 36.1 Å². The molecule has 2 aliphatic heterocycles. The third-order valence-corrected chi connectivity index (χ3v) is 7.73. The molecule has 1 aliphatic carbocycles. The Labute approximate surface area is 198 Å². The Balaban J connectivity index is 1.61. The third kappa shape index (κ3) is 3.50. The van der Waals surface area contributed by atoms with E-state index >= 15 is 0 Å². The first-order valence-electron chi connectivity index (χ1n) is 11.9. The Hall–Kier alpha value is -3.50. The minimum Gasteiger partial charge on any atom is -0.480 e. The van der Waals surface area contributed by atoms with Crippen molar-refractivity contribution in [3.8, 4) is 6.07 Å². The molecule has 3 fully saturated rings. The van der Waals surface area contributed by atoms with Crippen LogP contribution >= 0.6 is 0 Å². The molecular formula is C27H27N3O4. The highest BCUT2D eigenvalue weighted by Gasteiger charge is 2.69. The molecular weight excluding hydrogens is 430 g/mol. The van der Waals surface area contributed by atoms with Crippen LogP contribution in [0.3, 0.4) is 0 Å². The highest BCUT2D eigenvalue weighted by molar-refractivity contribution is 6.09. The zero-order chi connectivity index (χ0) is 23.9. The lowest BCUT2D eigenvalue weighted by Gasteiger charge is -2.34. The molecule has 34 heavy (non-hydrogen) atoms. The van der Waals surface area contributed by atoms with E-state index in [-0.39, 0.29) is 24.3 Å². The number of amides is 2. The van der Waals surface area contributed by atoms with Gasteiger partial charge in [0.25, 0.3) is 0 Å². The van der Waals surface area contributed by atoms with Gasteiger partial charge in [0.05, 0.1) is 23.5 Å².